The number of aryl methyl sites for hydroxylation is 1. The zero-order valence-corrected chi connectivity index (χ0v) is 20.1. The van der Waals surface area contributed by atoms with Crippen molar-refractivity contribution >= 4 is 34.3 Å². The molecule has 1 amide bonds. The highest BCUT2D eigenvalue weighted by molar-refractivity contribution is 7.99. The predicted molar refractivity (Wildman–Crippen MR) is 137 cm³/mol. The Balaban J connectivity index is 1.59. The third kappa shape index (κ3) is 5.17. The number of hydrogen-bond donors (Lipinski definition) is 1. The molecule has 4 aromatic rings. The maximum Gasteiger partial charge on any atom is 0.266 e. The average molecular weight is 458 g/mol. The molecule has 0 aliphatic heterocycles. The Bertz CT molecular complexity index is 1350. The molecule has 0 radical (unpaired) electrons. The van der Waals surface area contributed by atoms with Crippen LogP contribution in [0.25, 0.3) is 16.6 Å². The number of rotatable bonds is 5. The molecule has 0 aliphatic carbocycles. The van der Waals surface area contributed by atoms with Gasteiger partial charge in [0, 0.05) is 5.69 Å². The zero-order valence-electron chi connectivity index (χ0n) is 19.3. The summed E-state index contributed by atoms with van der Waals surface area (Å²) in [6.07, 6.45) is 0. The van der Waals surface area contributed by atoms with E-state index in [0.717, 1.165) is 16.9 Å². The summed E-state index contributed by atoms with van der Waals surface area (Å²) in [6, 6.07) is 22.9. The summed E-state index contributed by atoms with van der Waals surface area (Å²) in [6.45, 7) is 8.46. The number of para-hydroxylation sites is 1. The van der Waals surface area contributed by atoms with Crippen molar-refractivity contribution < 1.29 is 4.79 Å². The van der Waals surface area contributed by atoms with Gasteiger partial charge in [0.05, 0.1) is 22.3 Å². The minimum atomic E-state index is -0.152. The largest absolute Gasteiger partial charge is 0.325 e. The number of carbonyl (C=O) groups excluding carboxylic acids is 1. The Kier molecular flexibility index (Phi) is 6.38. The van der Waals surface area contributed by atoms with E-state index in [2.05, 4.69) is 26.1 Å². The molecule has 4 rings (SSSR count). The summed E-state index contributed by atoms with van der Waals surface area (Å²) in [7, 11) is 0. The number of aromatic nitrogens is 2. The first kappa shape index (κ1) is 22.8. The molecule has 0 spiro atoms. The summed E-state index contributed by atoms with van der Waals surface area (Å²) in [5.41, 5.74) is 4.31. The van der Waals surface area contributed by atoms with E-state index in [-0.39, 0.29) is 22.6 Å². The van der Waals surface area contributed by atoms with Crippen molar-refractivity contribution in [3.05, 3.63) is 94.3 Å². The summed E-state index contributed by atoms with van der Waals surface area (Å²) < 4.78 is 1.58. The molecule has 0 saturated heterocycles. The second kappa shape index (κ2) is 9.24. The average Bonchev–Trinajstić information content (AvgIpc) is 2.78. The lowest BCUT2D eigenvalue weighted by atomic mass is 9.87. The normalized spacial score (nSPS) is 11.5. The highest BCUT2D eigenvalue weighted by Crippen LogP contribution is 2.24. The number of nitrogens with one attached hydrogen (secondary N) is 1. The van der Waals surface area contributed by atoms with E-state index in [1.807, 2.05) is 73.7 Å². The number of hydrogen-bond acceptors (Lipinski definition) is 4. The maximum absolute atomic E-state index is 13.3. The van der Waals surface area contributed by atoms with E-state index in [0.29, 0.717) is 16.1 Å². The quantitative estimate of drug-likeness (QED) is 0.307. The van der Waals surface area contributed by atoms with Crippen LogP contribution in [-0.4, -0.2) is 21.2 Å². The Hall–Kier alpha value is -3.38. The lowest BCUT2D eigenvalue weighted by Crippen LogP contribution is -2.23. The van der Waals surface area contributed by atoms with E-state index in [4.69, 9.17) is 4.98 Å². The minimum absolute atomic E-state index is 0.0553. The fourth-order valence-corrected chi connectivity index (χ4v) is 4.32. The van der Waals surface area contributed by atoms with Crippen molar-refractivity contribution in [1.82, 2.24) is 9.55 Å². The molecule has 0 atom stereocenters. The molecular formula is C27H27N3O2S. The van der Waals surface area contributed by atoms with Crippen LogP contribution in [0.15, 0.2) is 82.7 Å². The summed E-state index contributed by atoms with van der Waals surface area (Å²) in [5.74, 6) is -0.0149. The van der Waals surface area contributed by atoms with E-state index in [9.17, 15) is 9.59 Å². The van der Waals surface area contributed by atoms with Crippen molar-refractivity contribution in [2.24, 2.45) is 0 Å². The van der Waals surface area contributed by atoms with E-state index in [1.165, 1.54) is 17.3 Å². The molecule has 33 heavy (non-hydrogen) atoms. The first-order valence-electron chi connectivity index (χ1n) is 10.8. The monoisotopic (exact) mass is 457 g/mol. The van der Waals surface area contributed by atoms with Crippen molar-refractivity contribution in [3.63, 3.8) is 0 Å². The van der Waals surface area contributed by atoms with Crippen molar-refractivity contribution in [1.29, 1.82) is 0 Å². The molecule has 0 saturated carbocycles. The maximum atomic E-state index is 13.3. The molecule has 1 heterocycles. The van der Waals surface area contributed by atoms with Gasteiger partial charge in [0.25, 0.3) is 5.56 Å². The molecule has 1 N–H and O–H groups in total. The molecule has 0 aliphatic rings. The van der Waals surface area contributed by atoms with Gasteiger partial charge in [-0.1, -0.05) is 74.5 Å². The van der Waals surface area contributed by atoms with Crippen LogP contribution >= 0.6 is 11.8 Å². The molecule has 0 bridgehead atoms. The van der Waals surface area contributed by atoms with Gasteiger partial charge in [-0.15, -0.1) is 0 Å². The van der Waals surface area contributed by atoms with E-state index in [1.54, 1.807) is 10.6 Å². The fourth-order valence-electron chi connectivity index (χ4n) is 3.51. The number of anilines is 1. The Labute approximate surface area is 197 Å². The topological polar surface area (TPSA) is 64.0 Å². The lowest BCUT2D eigenvalue weighted by Gasteiger charge is -2.19. The molecule has 168 valence electrons. The molecule has 0 unspecified atom stereocenters. The number of nitrogens with zero attached hydrogens (tertiary/aromatic N) is 2. The van der Waals surface area contributed by atoms with E-state index < -0.39 is 0 Å². The van der Waals surface area contributed by atoms with Crippen LogP contribution in [0, 0.1) is 6.92 Å². The predicted octanol–water partition coefficient (Wildman–Crippen LogP) is 5.72. The van der Waals surface area contributed by atoms with Crippen LogP contribution in [0.2, 0.25) is 0 Å². The summed E-state index contributed by atoms with van der Waals surface area (Å²) >= 11 is 1.25. The molecule has 3 aromatic carbocycles. The highest BCUT2D eigenvalue weighted by atomic mass is 32.2. The fraction of sp³-hybridized carbons (Fsp3) is 0.222. The van der Waals surface area contributed by atoms with Crippen molar-refractivity contribution in [3.8, 4) is 5.69 Å². The van der Waals surface area contributed by atoms with Gasteiger partial charge in [-0.2, -0.15) is 0 Å². The highest BCUT2D eigenvalue weighted by Gasteiger charge is 2.16. The number of thioether (sulfide) groups is 1. The third-order valence-corrected chi connectivity index (χ3v) is 6.34. The van der Waals surface area contributed by atoms with Gasteiger partial charge in [-0.3, -0.25) is 14.2 Å². The molecule has 0 fully saturated rings. The molecule has 1 aromatic heterocycles. The van der Waals surface area contributed by atoms with Gasteiger partial charge < -0.3 is 5.32 Å². The van der Waals surface area contributed by atoms with Crippen LogP contribution in [0.3, 0.4) is 0 Å². The Morgan fingerprint density at radius 1 is 0.970 bits per heavy atom. The number of benzene rings is 3. The van der Waals surface area contributed by atoms with Gasteiger partial charge in [0.2, 0.25) is 5.91 Å². The Morgan fingerprint density at radius 2 is 1.64 bits per heavy atom. The first-order valence-corrected chi connectivity index (χ1v) is 11.8. The summed E-state index contributed by atoms with van der Waals surface area (Å²) in [5, 5.41) is 3.97. The molecule has 6 heteroatoms. The lowest BCUT2D eigenvalue weighted by molar-refractivity contribution is -0.113. The van der Waals surface area contributed by atoms with Crippen LogP contribution in [0.5, 0.6) is 0 Å². The molecule has 5 nitrogen and oxygen atoms in total. The van der Waals surface area contributed by atoms with Gasteiger partial charge in [-0.25, -0.2) is 4.98 Å². The zero-order chi connectivity index (χ0) is 23.6. The number of fused-ring (bicyclic) bond motifs is 1. The third-order valence-electron chi connectivity index (χ3n) is 5.40. The minimum Gasteiger partial charge on any atom is -0.325 e. The van der Waals surface area contributed by atoms with Crippen LogP contribution in [0.1, 0.15) is 31.9 Å². The molecular weight excluding hydrogens is 430 g/mol. The number of carbonyl (C=O) groups is 1. The Morgan fingerprint density at radius 3 is 2.30 bits per heavy atom. The second-order valence-corrected chi connectivity index (χ2v) is 9.99. The van der Waals surface area contributed by atoms with Crippen LogP contribution in [-0.2, 0) is 10.2 Å². The number of amides is 1. The second-order valence-electron chi connectivity index (χ2n) is 9.05. The smallest absolute Gasteiger partial charge is 0.266 e. The van der Waals surface area contributed by atoms with Crippen molar-refractivity contribution in [2.75, 3.05) is 11.1 Å². The first-order chi connectivity index (χ1) is 15.7. The van der Waals surface area contributed by atoms with E-state index >= 15 is 0 Å². The standard InChI is InChI=1S/C27H27N3O2S/c1-18-9-15-21(16-10-18)30-25(32)22-7-5-6-8-23(22)29-26(30)33-17-24(31)28-20-13-11-19(12-14-20)27(2,3)4/h5-16H,17H2,1-4H3,(H,28,31). The van der Waals surface area contributed by atoms with Gasteiger partial charge in [-0.05, 0) is 54.3 Å². The van der Waals surface area contributed by atoms with Gasteiger partial charge in [0.1, 0.15) is 0 Å². The van der Waals surface area contributed by atoms with Crippen LogP contribution in [0.4, 0.5) is 5.69 Å². The van der Waals surface area contributed by atoms with Crippen LogP contribution < -0.4 is 10.9 Å². The summed E-state index contributed by atoms with van der Waals surface area (Å²) in [4.78, 5) is 30.7. The van der Waals surface area contributed by atoms with Crippen molar-refractivity contribution in [2.45, 2.75) is 38.3 Å². The van der Waals surface area contributed by atoms with Gasteiger partial charge in [0.15, 0.2) is 5.16 Å². The SMILES string of the molecule is Cc1ccc(-n2c(SCC(=O)Nc3ccc(C(C)(C)C)cc3)nc3ccccc3c2=O)cc1. The van der Waals surface area contributed by atoms with Gasteiger partial charge >= 0.3 is 0 Å².